The molecule has 0 fully saturated rings. The highest BCUT2D eigenvalue weighted by molar-refractivity contribution is 5.95. The van der Waals surface area contributed by atoms with Crippen LogP contribution in [0.5, 0.6) is 0 Å². The van der Waals surface area contributed by atoms with Crippen LogP contribution in [0.25, 0.3) is 10.9 Å². The summed E-state index contributed by atoms with van der Waals surface area (Å²) in [5.74, 6) is -4.23. The number of aromatic amines is 1. The van der Waals surface area contributed by atoms with Crippen molar-refractivity contribution < 1.29 is 34.5 Å². The van der Waals surface area contributed by atoms with Gasteiger partial charge in [-0.25, -0.2) is 4.79 Å². The Morgan fingerprint density at radius 2 is 1.39 bits per heavy atom. The number of nitrogens with two attached hydrogens (primary N) is 1. The molecule has 0 aliphatic carbocycles. The lowest BCUT2D eigenvalue weighted by Crippen LogP contribution is -2.61. The number of aliphatic carboxylic acids is 1. The molecule has 1 aromatic heterocycles. The summed E-state index contributed by atoms with van der Waals surface area (Å²) in [5.41, 5.74) is 7.86. The number of carbonyl (C=O) groups is 4. The molecular formula is C24H35N5O7. The van der Waals surface area contributed by atoms with E-state index in [4.69, 9.17) is 5.73 Å². The summed E-state index contributed by atoms with van der Waals surface area (Å²) in [4.78, 5) is 52.8. The first-order valence-electron chi connectivity index (χ1n) is 11.6. The Morgan fingerprint density at radius 1 is 0.861 bits per heavy atom. The van der Waals surface area contributed by atoms with Crippen molar-refractivity contribution in [2.75, 3.05) is 0 Å². The summed E-state index contributed by atoms with van der Waals surface area (Å²) in [6, 6.07) is 2.34. The molecule has 2 rings (SSSR count). The van der Waals surface area contributed by atoms with Crippen molar-refractivity contribution in [3.05, 3.63) is 36.0 Å². The van der Waals surface area contributed by atoms with Crippen molar-refractivity contribution in [3.63, 3.8) is 0 Å². The molecule has 36 heavy (non-hydrogen) atoms. The van der Waals surface area contributed by atoms with Gasteiger partial charge in [0.05, 0.1) is 18.2 Å². The lowest BCUT2D eigenvalue weighted by Gasteiger charge is -2.28. The van der Waals surface area contributed by atoms with Crippen LogP contribution in [-0.4, -0.2) is 80.4 Å². The number of hydrogen-bond donors (Lipinski definition) is 8. The number of H-pyrrole nitrogens is 1. The van der Waals surface area contributed by atoms with Crippen molar-refractivity contribution >= 4 is 34.6 Å². The van der Waals surface area contributed by atoms with E-state index in [-0.39, 0.29) is 6.42 Å². The molecule has 12 heteroatoms. The predicted octanol–water partition coefficient (Wildman–Crippen LogP) is -1.01. The van der Waals surface area contributed by atoms with Crippen LogP contribution in [0.4, 0.5) is 0 Å². The second kappa shape index (κ2) is 12.5. The fourth-order valence-corrected chi connectivity index (χ4v) is 3.71. The number of fused-ring (bicyclic) bond motifs is 1. The number of hydrogen-bond acceptors (Lipinski definition) is 7. The van der Waals surface area contributed by atoms with Crippen molar-refractivity contribution in [2.45, 2.75) is 70.5 Å². The molecule has 0 spiro atoms. The van der Waals surface area contributed by atoms with Gasteiger partial charge in [-0.3, -0.25) is 14.4 Å². The highest BCUT2D eigenvalue weighted by atomic mass is 16.4. The van der Waals surface area contributed by atoms with E-state index in [1.165, 1.54) is 13.8 Å². The first-order valence-corrected chi connectivity index (χ1v) is 11.6. The summed E-state index contributed by atoms with van der Waals surface area (Å²) < 4.78 is 0. The quantitative estimate of drug-likeness (QED) is 0.179. The molecule has 2 aromatic rings. The van der Waals surface area contributed by atoms with Crippen LogP contribution in [0.1, 0.15) is 33.3 Å². The Bertz CT molecular complexity index is 1080. The van der Waals surface area contributed by atoms with Gasteiger partial charge >= 0.3 is 5.97 Å². The van der Waals surface area contributed by atoms with Gasteiger partial charge in [-0.05, 0) is 37.8 Å². The molecule has 1 heterocycles. The summed E-state index contributed by atoms with van der Waals surface area (Å²) in [5, 5.41) is 36.8. The number of carboxylic acids is 1. The highest BCUT2D eigenvalue weighted by Gasteiger charge is 2.34. The minimum absolute atomic E-state index is 0.219. The van der Waals surface area contributed by atoms with Gasteiger partial charge in [-0.2, -0.15) is 0 Å². The molecule has 9 N–H and O–H groups in total. The van der Waals surface area contributed by atoms with Gasteiger partial charge in [0.1, 0.15) is 12.1 Å². The molecule has 6 unspecified atom stereocenters. The molecule has 0 aliphatic heterocycles. The zero-order valence-corrected chi connectivity index (χ0v) is 20.7. The van der Waals surface area contributed by atoms with Crippen LogP contribution in [0.2, 0.25) is 0 Å². The molecule has 3 amide bonds. The number of carbonyl (C=O) groups excluding carboxylic acids is 3. The van der Waals surface area contributed by atoms with Crippen molar-refractivity contribution in [3.8, 4) is 0 Å². The van der Waals surface area contributed by atoms with Crippen molar-refractivity contribution in [1.82, 2.24) is 20.9 Å². The van der Waals surface area contributed by atoms with E-state index in [9.17, 15) is 34.5 Å². The van der Waals surface area contributed by atoms with Crippen LogP contribution in [-0.2, 0) is 25.6 Å². The minimum atomic E-state index is -1.64. The maximum Gasteiger partial charge on any atom is 0.328 e. The molecule has 0 saturated heterocycles. The smallest absolute Gasteiger partial charge is 0.328 e. The molecule has 6 atom stereocenters. The second-order valence-electron chi connectivity index (χ2n) is 9.19. The fraction of sp³-hybridized carbons (Fsp3) is 0.500. The van der Waals surface area contributed by atoms with E-state index in [0.29, 0.717) is 0 Å². The third-order valence-electron chi connectivity index (χ3n) is 5.81. The van der Waals surface area contributed by atoms with E-state index in [0.717, 1.165) is 16.5 Å². The highest BCUT2D eigenvalue weighted by Crippen LogP contribution is 2.19. The van der Waals surface area contributed by atoms with E-state index in [1.54, 1.807) is 20.0 Å². The lowest BCUT2D eigenvalue weighted by atomic mass is 10.00. The standard InChI is InChI=1S/C24H35N5O7/c1-11(2)18(22(33)28-19(12(3)30)23(34)29-20(13(4)31)24(35)36)27-21(32)16(25)9-14-10-26-17-8-6-5-7-15(14)17/h5-8,10-13,16,18-20,26,30-31H,9,25H2,1-4H3,(H,27,32)(H,28,33)(H,29,34)(H,35,36). The second-order valence-corrected chi connectivity index (χ2v) is 9.19. The van der Waals surface area contributed by atoms with Gasteiger partial charge in [0, 0.05) is 17.1 Å². The van der Waals surface area contributed by atoms with Crippen LogP contribution in [0.15, 0.2) is 30.5 Å². The predicted molar refractivity (Wildman–Crippen MR) is 132 cm³/mol. The Kier molecular flexibility index (Phi) is 9.96. The third kappa shape index (κ3) is 7.26. The number of rotatable bonds is 12. The molecule has 0 radical (unpaired) electrons. The normalized spacial score (nSPS) is 16.4. The summed E-state index contributed by atoms with van der Waals surface area (Å²) >= 11 is 0. The Labute approximate surface area is 208 Å². The van der Waals surface area contributed by atoms with Crippen LogP contribution >= 0.6 is 0 Å². The lowest BCUT2D eigenvalue weighted by molar-refractivity contribution is -0.146. The van der Waals surface area contributed by atoms with Gasteiger partial charge in [0.15, 0.2) is 6.04 Å². The maximum atomic E-state index is 13.0. The van der Waals surface area contributed by atoms with E-state index in [2.05, 4.69) is 20.9 Å². The van der Waals surface area contributed by atoms with Gasteiger partial charge in [0.25, 0.3) is 0 Å². The van der Waals surface area contributed by atoms with Crippen molar-refractivity contribution in [1.29, 1.82) is 0 Å². The van der Waals surface area contributed by atoms with Gasteiger partial charge < -0.3 is 42.0 Å². The Morgan fingerprint density at radius 3 is 1.94 bits per heavy atom. The van der Waals surface area contributed by atoms with Gasteiger partial charge in [0.2, 0.25) is 17.7 Å². The molecule has 12 nitrogen and oxygen atoms in total. The minimum Gasteiger partial charge on any atom is -0.480 e. The third-order valence-corrected chi connectivity index (χ3v) is 5.81. The van der Waals surface area contributed by atoms with Crippen LogP contribution in [0, 0.1) is 5.92 Å². The zero-order chi connectivity index (χ0) is 27.2. The van der Waals surface area contributed by atoms with Gasteiger partial charge in [-0.15, -0.1) is 0 Å². The largest absolute Gasteiger partial charge is 0.480 e. The van der Waals surface area contributed by atoms with Gasteiger partial charge in [-0.1, -0.05) is 32.0 Å². The number of benzene rings is 1. The zero-order valence-electron chi connectivity index (χ0n) is 20.7. The molecule has 0 aliphatic rings. The topological polar surface area (TPSA) is 207 Å². The number of aliphatic hydroxyl groups is 2. The SMILES string of the molecule is CC(C)C(NC(=O)C(N)Cc1c[nH]c2ccccc12)C(=O)NC(C(=O)NC(C(=O)O)C(C)O)C(C)O. The number of para-hydroxylation sites is 1. The van der Waals surface area contributed by atoms with E-state index in [1.807, 2.05) is 24.3 Å². The number of carboxylic acid groups (broad SMARTS) is 1. The Balaban J connectivity index is 2.09. The summed E-state index contributed by atoms with van der Waals surface area (Å²) in [6.07, 6.45) is -0.826. The summed E-state index contributed by atoms with van der Waals surface area (Å²) in [6.45, 7) is 5.78. The number of aliphatic hydroxyl groups excluding tert-OH is 2. The number of aromatic nitrogens is 1. The molecule has 0 bridgehead atoms. The van der Waals surface area contributed by atoms with Crippen LogP contribution < -0.4 is 21.7 Å². The fourth-order valence-electron chi connectivity index (χ4n) is 3.71. The monoisotopic (exact) mass is 505 g/mol. The molecule has 198 valence electrons. The average Bonchev–Trinajstić information content (AvgIpc) is 3.20. The maximum absolute atomic E-state index is 13.0. The van der Waals surface area contributed by atoms with Crippen LogP contribution in [0.3, 0.4) is 0 Å². The Hall–Kier alpha value is -3.48. The first kappa shape index (κ1) is 28.8. The first-order chi connectivity index (χ1) is 16.8. The summed E-state index contributed by atoms with van der Waals surface area (Å²) in [7, 11) is 0. The van der Waals surface area contributed by atoms with E-state index < -0.39 is 66.0 Å². The number of nitrogens with one attached hydrogen (secondary N) is 4. The molecule has 1 aromatic carbocycles. The molecular weight excluding hydrogens is 470 g/mol. The average molecular weight is 506 g/mol. The van der Waals surface area contributed by atoms with E-state index >= 15 is 0 Å². The number of amides is 3. The molecule has 0 saturated carbocycles. The van der Waals surface area contributed by atoms with Crippen molar-refractivity contribution in [2.24, 2.45) is 11.7 Å².